The molecular weight excluding hydrogens is 257 g/mol. The fraction of sp³-hybridized carbons (Fsp3) is 0.538. The minimum atomic E-state index is -0.857. The van der Waals surface area contributed by atoms with Gasteiger partial charge >= 0.3 is 0 Å². The molecule has 0 saturated heterocycles. The van der Waals surface area contributed by atoms with E-state index in [0.29, 0.717) is 12.8 Å². The normalized spacial score (nSPS) is 18.7. The molecule has 0 amide bonds. The maximum absolute atomic E-state index is 14.2. The fourth-order valence-corrected chi connectivity index (χ4v) is 2.83. The number of halogens is 2. The van der Waals surface area contributed by atoms with Crippen molar-refractivity contribution in [1.29, 1.82) is 0 Å². The number of rotatable bonds is 2. The van der Waals surface area contributed by atoms with Gasteiger partial charge in [0.25, 0.3) is 0 Å². The Morgan fingerprint density at radius 1 is 1.39 bits per heavy atom. The highest BCUT2D eigenvalue weighted by molar-refractivity contribution is 6.31. The van der Waals surface area contributed by atoms with Gasteiger partial charge in [0.1, 0.15) is 0 Å². The number of benzene rings is 1. The van der Waals surface area contributed by atoms with Crippen LogP contribution >= 0.6 is 11.6 Å². The molecule has 18 heavy (non-hydrogen) atoms. The number of ether oxygens (including phenoxy) is 1. The van der Waals surface area contributed by atoms with E-state index < -0.39 is 11.4 Å². The smallest absolute Gasteiger partial charge is 0.165 e. The molecule has 3 nitrogen and oxygen atoms in total. The average Bonchev–Trinajstić information content (AvgIpc) is 2.34. The van der Waals surface area contributed by atoms with E-state index >= 15 is 0 Å². The largest absolute Gasteiger partial charge is 0.504 e. The molecule has 3 N–H and O–H groups in total. The van der Waals surface area contributed by atoms with Crippen molar-refractivity contribution in [2.75, 3.05) is 7.11 Å². The van der Waals surface area contributed by atoms with Crippen LogP contribution in [0.4, 0.5) is 4.39 Å². The third-order valence-electron chi connectivity index (χ3n) is 3.62. The molecule has 1 fully saturated rings. The highest BCUT2D eigenvalue weighted by Crippen LogP contribution is 2.46. The Labute approximate surface area is 111 Å². The van der Waals surface area contributed by atoms with Crippen molar-refractivity contribution in [3.63, 3.8) is 0 Å². The molecule has 100 valence electrons. The Morgan fingerprint density at radius 3 is 2.56 bits per heavy atom. The molecule has 2 rings (SSSR count). The van der Waals surface area contributed by atoms with E-state index in [2.05, 4.69) is 0 Å². The van der Waals surface area contributed by atoms with Gasteiger partial charge in [-0.1, -0.05) is 30.9 Å². The Hall–Kier alpha value is -1.00. The summed E-state index contributed by atoms with van der Waals surface area (Å²) in [5.41, 5.74) is 5.49. The number of methoxy groups -OCH3 is 1. The Kier molecular flexibility index (Phi) is 3.69. The first-order valence-electron chi connectivity index (χ1n) is 6.04. The summed E-state index contributed by atoms with van der Waals surface area (Å²) in [5.74, 6) is -0.713. The van der Waals surface area contributed by atoms with E-state index in [0.717, 1.165) is 19.3 Å². The van der Waals surface area contributed by atoms with E-state index in [-0.39, 0.29) is 22.1 Å². The van der Waals surface area contributed by atoms with Crippen LogP contribution in [0.1, 0.15) is 37.7 Å². The van der Waals surface area contributed by atoms with Crippen molar-refractivity contribution in [3.8, 4) is 11.5 Å². The van der Waals surface area contributed by atoms with Gasteiger partial charge in [0.05, 0.1) is 17.7 Å². The molecule has 1 aliphatic rings. The molecule has 0 radical (unpaired) electrons. The van der Waals surface area contributed by atoms with E-state index in [4.69, 9.17) is 22.1 Å². The lowest BCUT2D eigenvalue weighted by Crippen LogP contribution is -2.39. The lowest BCUT2D eigenvalue weighted by Gasteiger charge is -2.35. The average molecular weight is 274 g/mol. The molecule has 0 atom stereocenters. The summed E-state index contributed by atoms with van der Waals surface area (Å²) in [6, 6.07) is 1.27. The summed E-state index contributed by atoms with van der Waals surface area (Å²) in [4.78, 5) is 0. The summed E-state index contributed by atoms with van der Waals surface area (Å²) in [5, 5.41) is 10.0. The second-order valence-electron chi connectivity index (χ2n) is 4.82. The van der Waals surface area contributed by atoms with E-state index in [1.165, 1.54) is 13.2 Å². The topological polar surface area (TPSA) is 55.5 Å². The molecule has 0 aliphatic heterocycles. The molecule has 1 aliphatic carbocycles. The van der Waals surface area contributed by atoms with Crippen molar-refractivity contribution in [2.45, 2.75) is 37.6 Å². The zero-order valence-corrected chi connectivity index (χ0v) is 11.1. The van der Waals surface area contributed by atoms with Crippen LogP contribution in [0.15, 0.2) is 6.07 Å². The predicted octanol–water partition coefficient (Wildman–Crippen LogP) is 3.31. The first-order valence-corrected chi connectivity index (χ1v) is 6.42. The van der Waals surface area contributed by atoms with Gasteiger partial charge in [-0.3, -0.25) is 0 Å². The third-order valence-corrected chi connectivity index (χ3v) is 3.90. The van der Waals surface area contributed by atoms with E-state index in [9.17, 15) is 9.50 Å². The van der Waals surface area contributed by atoms with Gasteiger partial charge in [-0.25, -0.2) is 4.39 Å². The SMILES string of the molecule is COc1cc(Cl)c(F)c(C2(N)CCCCC2)c1O. The van der Waals surface area contributed by atoms with Crippen LogP contribution in [0.3, 0.4) is 0 Å². The molecule has 1 aromatic rings. The van der Waals surface area contributed by atoms with E-state index in [1.807, 2.05) is 0 Å². The lowest BCUT2D eigenvalue weighted by atomic mass is 9.77. The zero-order chi connectivity index (χ0) is 13.3. The van der Waals surface area contributed by atoms with Crippen molar-refractivity contribution < 1.29 is 14.2 Å². The van der Waals surface area contributed by atoms with Gasteiger partial charge in [-0.2, -0.15) is 0 Å². The monoisotopic (exact) mass is 273 g/mol. The molecule has 0 aromatic heterocycles. The molecule has 1 saturated carbocycles. The predicted molar refractivity (Wildman–Crippen MR) is 68.6 cm³/mol. The van der Waals surface area contributed by atoms with Gasteiger partial charge in [0.15, 0.2) is 17.3 Å². The van der Waals surface area contributed by atoms with E-state index in [1.54, 1.807) is 0 Å². The van der Waals surface area contributed by atoms with Crippen LogP contribution in [-0.2, 0) is 5.54 Å². The van der Waals surface area contributed by atoms with Crippen LogP contribution in [0.25, 0.3) is 0 Å². The molecule has 0 unspecified atom stereocenters. The Morgan fingerprint density at radius 2 is 2.00 bits per heavy atom. The number of hydrogen-bond acceptors (Lipinski definition) is 3. The van der Waals surface area contributed by atoms with Crippen LogP contribution in [-0.4, -0.2) is 12.2 Å². The first-order chi connectivity index (χ1) is 8.49. The van der Waals surface area contributed by atoms with Gasteiger partial charge in [0, 0.05) is 11.6 Å². The van der Waals surface area contributed by atoms with Crippen molar-refractivity contribution in [1.82, 2.24) is 0 Å². The molecule has 0 spiro atoms. The first kappa shape index (κ1) is 13.4. The molecule has 0 bridgehead atoms. The minimum absolute atomic E-state index is 0.0740. The summed E-state index contributed by atoms with van der Waals surface area (Å²) >= 11 is 5.83. The fourth-order valence-electron chi connectivity index (χ4n) is 2.64. The molecule has 5 heteroatoms. The third kappa shape index (κ3) is 2.15. The highest BCUT2D eigenvalue weighted by Gasteiger charge is 2.36. The van der Waals surface area contributed by atoms with Crippen molar-refractivity contribution in [3.05, 3.63) is 22.5 Å². The summed E-state index contributed by atoms with van der Waals surface area (Å²) < 4.78 is 19.2. The Balaban J connectivity index is 2.58. The number of phenolic OH excluding ortho intramolecular Hbond substituents is 1. The quantitative estimate of drug-likeness (QED) is 0.869. The summed E-state index contributed by atoms with van der Waals surface area (Å²) in [6.45, 7) is 0. The van der Waals surface area contributed by atoms with Crippen LogP contribution in [0.2, 0.25) is 5.02 Å². The van der Waals surface area contributed by atoms with Crippen molar-refractivity contribution >= 4 is 11.6 Å². The van der Waals surface area contributed by atoms with Crippen LogP contribution in [0, 0.1) is 5.82 Å². The summed E-state index contributed by atoms with van der Waals surface area (Å²) in [7, 11) is 1.40. The van der Waals surface area contributed by atoms with Gasteiger partial charge in [-0.05, 0) is 12.8 Å². The summed E-state index contributed by atoms with van der Waals surface area (Å²) in [6.07, 6.45) is 4.20. The molecule has 1 aromatic carbocycles. The second-order valence-corrected chi connectivity index (χ2v) is 5.22. The number of hydrogen-bond donors (Lipinski definition) is 2. The maximum atomic E-state index is 14.2. The number of aromatic hydroxyl groups is 1. The van der Waals surface area contributed by atoms with Gasteiger partial charge in [-0.15, -0.1) is 0 Å². The van der Waals surface area contributed by atoms with Gasteiger partial charge in [0.2, 0.25) is 0 Å². The standard InChI is InChI=1S/C13H17ClFNO2/c1-18-9-7-8(14)11(15)10(12(9)17)13(16)5-3-2-4-6-13/h7,17H,2-6,16H2,1H3. The highest BCUT2D eigenvalue weighted by atomic mass is 35.5. The number of phenols is 1. The minimum Gasteiger partial charge on any atom is -0.504 e. The van der Waals surface area contributed by atoms with Crippen LogP contribution < -0.4 is 10.5 Å². The Bertz CT molecular complexity index is 459. The lowest BCUT2D eigenvalue weighted by molar-refractivity contribution is 0.276. The molecule has 0 heterocycles. The number of nitrogens with two attached hydrogens (primary N) is 1. The zero-order valence-electron chi connectivity index (χ0n) is 10.3. The van der Waals surface area contributed by atoms with Crippen LogP contribution in [0.5, 0.6) is 11.5 Å². The maximum Gasteiger partial charge on any atom is 0.165 e. The second kappa shape index (κ2) is 4.94. The van der Waals surface area contributed by atoms with Crippen molar-refractivity contribution in [2.24, 2.45) is 5.73 Å². The van der Waals surface area contributed by atoms with Gasteiger partial charge < -0.3 is 15.6 Å². The molecular formula is C13H17ClFNO2.